The van der Waals surface area contributed by atoms with Crippen LogP contribution in [0.25, 0.3) is 0 Å². The topological polar surface area (TPSA) is 115 Å². The molecule has 0 radical (unpaired) electrons. The number of H-pyrrole nitrogens is 1. The van der Waals surface area contributed by atoms with Crippen molar-refractivity contribution >= 4 is 11.9 Å². The third kappa shape index (κ3) is 2.30. The fourth-order valence-electron chi connectivity index (χ4n) is 0.802. The van der Waals surface area contributed by atoms with E-state index in [-0.39, 0.29) is 5.56 Å². The Bertz CT molecular complexity index is 322. The lowest BCUT2D eigenvalue weighted by Gasteiger charge is -2.09. The molecule has 1 atom stereocenters. The Labute approximate surface area is 78.7 Å². The highest BCUT2D eigenvalue weighted by Gasteiger charge is 2.19. The third-order valence-corrected chi connectivity index (χ3v) is 1.55. The minimum absolute atomic E-state index is 0.213. The van der Waals surface area contributed by atoms with Crippen molar-refractivity contribution in [2.75, 3.05) is 6.61 Å². The Morgan fingerprint density at radius 3 is 2.79 bits per heavy atom. The largest absolute Gasteiger partial charge is 0.480 e. The highest BCUT2D eigenvalue weighted by molar-refractivity contribution is 5.96. The van der Waals surface area contributed by atoms with Crippen LogP contribution in [0.2, 0.25) is 0 Å². The molecule has 0 unspecified atom stereocenters. The number of aromatic amines is 1. The van der Waals surface area contributed by atoms with Gasteiger partial charge >= 0.3 is 5.97 Å². The number of rotatable bonds is 4. The minimum atomic E-state index is -1.29. The molecule has 7 nitrogen and oxygen atoms in total. The van der Waals surface area contributed by atoms with Crippen LogP contribution >= 0.6 is 0 Å². The van der Waals surface area contributed by atoms with Crippen LogP contribution in [-0.2, 0) is 4.79 Å². The van der Waals surface area contributed by atoms with E-state index in [1.807, 2.05) is 0 Å². The van der Waals surface area contributed by atoms with Gasteiger partial charge in [-0.2, -0.15) is 5.10 Å². The number of carboxylic acid groups (broad SMARTS) is 1. The summed E-state index contributed by atoms with van der Waals surface area (Å²) in [5.41, 5.74) is 0.213. The first-order valence-electron chi connectivity index (χ1n) is 3.78. The number of nitrogens with zero attached hydrogens (tertiary/aromatic N) is 1. The summed E-state index contributed by atoms with van der Waals surface area (Å²) >= 11 is 0. The maximum absolute atomic E-state index is 11.2. The monoisotopic (exact) mass is 199 g/mol. The molecule has 0 aromatic carbocycles. The predicted octanol–water partition coefficient (Wildman–Crippen LogP) is -1.41. The molecule has 0 aliphatic carbocycles. The average molecular weight is 199 g/mol. The molecule has 0 spiro atoms. The van der Waals surface area contributed by atoms with Gasteiger partial charge in [-0.15, -0.1) is 0 Å². The lowest BCUT2D eigenvalue weighted by atomic mass is 10.2. The van der Waals surface area contributed by atoms with Crippen LogP contribution in [0.4, 0.5) is 0 Å². The lowest BCUT2D eigenvalue weighted by Crippen LogP contribution is -2.43. The Morgan fingerprint density at radius 1 is 1.64 bits per heavy atom. The number of aliphatic hydroxyl groups excluding tert-OH is 1. The van der Waals surface area contributed by atoms with E-state index in [9.17, 15) is 9.59 Å². The van der Waals surface area contributed by atoms with Crippen molar-refractivity contribution in [2.45, 2.75) is 6.04 Å². The molecule has 0 bridgehead atoms. The Hall–Kier alpha value is -1.89. The normalized spacial score (nSPS) is 12.1. The highest BCUT2D eigenvalue weighted by atomic mass is 16.4. The van der Waals surface area contributed by atoms with Crippen molar-refractivity contribution in [3.8, 4) is 0 Å². The van der Waals surface area contributed by atoms with Gasteiger partial charge in [-0.1, -0.05) is 0 Å². The van der Waals surface area contributed by atoms with E-state index in [0.29, 0.717) is 0 Å². The summed E-state index contributed by atoms with van der Waals surface area (Å²) in [4.78, 5) is 21.7. The van der Waals surface area contributed by atoms with Gasteiger partial charge in [0.2, 0.25) is 0 Å². The first-order valence-corrected chi connectivity index (χ1v) is 3.78. The summed E-state index contributed by atoms with van der Waals surface area (Å²) in [6.07, 6.45) is 2.58. The number of carbonyl (C=O) groups is 2. The minimum Gasteiger partial charge on any atom is -0.480 e. The van der Waals surface area contributed by atoms with Crippen LogP contribution in [0, 0.1) is 0 Å². The fraction of sp³-hybridized carbons (Fsp3) is 0.286. The second-order valence-corrected chi connectivity index (χ2v) is 2.53. The van der Waals surface area contributed by atoms with E-state index in [2.05, 4.69) is 15.5 Å². The second kappa shape index (κ2) is 4.38. The smallest absolute Gasteiger partial charge is 0.328 e. The van der Waals surface area contributed by atoms with Crippen molar-refractivity contribution in [3.63, 3.8) is 0 Å². The number of aliphatic carboxylic acids is 1. The van der Waals surface area contributed by atoms with Gasteiger partial charge in [0.25, 0.3) is 5.91 Å². The summed E-state index contributed by atoms with van der Waals surface area (Å²) in [6.45, 7) is -0.654. The Morgan fingerprint density at radius 2 is 2.36 bits per heavy atom. The SMILES string of the molecule is O=C(N[C@@H](CO)C(=O)O)c1cn[nH]c1. The van der Waals surface area contributed by atoms with Crippen LogP contribution in [0.3, 0.4) is 0 Å². The van der Waals surface area contributed by atoms with Gasteiger partial charge in [0.1, 0.15) is 0 Å². The van der Waals surface area contributed by atoms with Crippen LogP contribution in [0.1, 0.15) is 10.4 Å². The zero-order valence-corrected chi connectivity index (χ0v) is 7.10. The zero-order chi connectivity index (χ0) is 10.6. The molecular weight excluding hydrogens is 190 g/mol. The van der Waals surface area contributed by atoms with Crippen molar-refractivity contribution in [3.05, 3.63) is 18.0 Å². The van der Waals surface area contributed by atoms with Crippen molar-refractivity contribution in [2.24, 2.45) is 0 Å². The molecule has 0 aliphatic rings. The summed E-state index contributed by atoms with van der Waals surface area (Å²) < 4.78 is 0. The van der Waals surface area contributed by atoms with Gasteiger partial charge in [0.05, 0.1) is 18.4 Å². The van der Waals surface area contributed by atoms with Crippen LogP contribution < -0.4 is 5.32 Å². The molecule has 1 rings (SSSR count). The first kappa shape index (κ1) is 10.2. The third-order valence-electron chi connectivity index (χ3n) is 1.55. The molecule has 1 aromatic heterocycles. The summed E-state index contributed by atoms with van der Waals surface area (Å²) in [7, 11) is 0. The molecule has 0 fully saturated rings. The van der Waals surface area contributed by atoms with E-state index in [1.165, 1.54) is 12.4 Å². The van der Waals surface area contributed by atoms with Gasteiger partial charge in [-0.25, -0.2) is 4.79 Å². The molecule has 7 heteroatoms. The Kier molecular flexibility index (Phi) is 3.19. The molecular formula is C7H9N3O4. The molecule has 0 aliphatic heterocycles. The van der Waals surface area contributed by atoms with Gasteiger partial charge in [-0.3, -0.25) is 9.89 Å². The molecule has 4 N–H and O–H groups in total. The van der Waals surface area contributed by atoms with Gasteiger partial charge in [-0.05, 0) is 0 Å². The molecule has 0 saturated heterocycles. The molecule has 1 heterocycles. The summed E-state index contributed by atoms with van der Waals surface area (Å²) in [5.74, 6) is -1.88. The standard InChI is InChI=1S/C7H9N3O4/c11-3-5(7(13)14)10-6(12)4-1-8-9-2-4/h1-2,5,11H,3H2,(H,8,9)(H,10,12)(H,13,14)/t5-/m0/s1. The number of nitrogens with one attached hydrogen (secondary N) is 2. The molecule has 14 heavy (non-hydrogen) atoms. The van der Waals surface area contributed by atoms with Gasteiger partial charge in [0, 0.05) is 6.20 Å². The van der Waals surface area contributed by atoms with Crippen LogP contribution in [-0.4, -0.2) is 44.9 Å². The summed E-state index contributed by atoms with van der Waals surface area (Å²) in [6, 6.07) is -1.29. The number of hydrogen-bond acceptors (Lipinski definition) is 4. The number of hydrogen-bond donors (Lipinski definition) is 4. The fourth-order valence-corrected chi connectivity index (χ4v) is 0.802. The highest BCUT2D eigenvalue weighted by Crippen LogP contribution is 1.94. The lowest BCUT2D eigenvalue weighted by molar-refractivity contribution is -0.140. The predicted molar refractivity (Wildman–Crippen MR) is 44.6 cm³/mol. The number of carbonyl (C=O) groups excluding carboxylic acids is 1. The quantitative estimate of drug-likeness (QED) is 0.475. The number of carboxylic acids is 1. The van der Waals surface area contributed by atoms with Crippen molar-refractivity contribution < 1.29 is 19.8 Å². The first-order chi connectivity index (χ1) is 6.65. The number of aromatic nitrogens is 2. The summed E-state index contributed by atoms with van der Waals surface area (Å²) in [5, 5.41) is 25.2. The van der Waals surface area contributed by atoms with Gasteiger partial charge in [0.15, 0.2) is 6.04 Å². The number of aliphatic hydroxyl groups is 1. The Balaban J connectivity index is 2.60. The van der Waals surface area contributed by atoms with Crippen LogP contribution in [0.5, 0.6) is 0 Å². The van der Waals surface area contributed by atoms with Crippen LogP contribution in [0.15, 0.2) is 12.4 Å². The van der Waals surface area contributed by atoms with E-state index in [4.69, 9.17) is 10.2 Å². The van der Waals surface area contributed by atoms with Crippen molar-refractivity contribution in [1.82, 2.24) is 15.5 Å². The van der Waals surface area contributed by atoms with E-state index < -0.39 is 24.5 Å². The molecule has 0 saturated carbocycles. The van der Waals surface area contributed by atoms with Gasteiger partial charge < -0.3 is 15.5 Å². The molecule has 1 amide bonds. The molecule has 76 valence electrons. The average Bonchev–Trinajstić information content (AvgIpc) is 2.65. The van der Waals surface area contributed by atoms with E-state index >= 15 is 0 Å². The maximum atomic E-state index is 11.2. The number of amides is 1. The maximum Gasteiger partial charge on any atom is 0.328 e. The van der Waals surface area contributed by atoms with E-state index in [0.717, 1.165) is 0 Å². The molecule has 1 aromatic rings. The second-order valence-electron chi connectivity index (χ2n) is 2.53. The van der Waals surface area contributed by atoms with Crippen molar-refractivity contribution in [1.29, 1.82) is 0 Å². The zero-order valence-electron chi connectivity index (χ0n) is 7.10. The van der Waals surface area contributed by atoms with E-state index in [1.54, 1.807) is 0 Å².